The molecule has 0 amide bonds. The first-order valence-electron chi connectivity index (χ1n) is 5.01. The first-order valence-corrected chi connectivity index (χ1v) is 5.01. The third-order valence-corrected chi connectivity index (χ3v) is 2.28. The summed E-state index contributed by atoms with van der Waals surface area (Å²) in [6.07, 6.45) is 4.70. The molecule has 15 heavy (non-hydrogen) atoms. The minimum atomic E-state index is 0.561. The molecule has 0 bridgehead atoms. The van der Waals surface area contributed by atoms with Crippen LogP contribution in [0.15, 0.2) is 30.6 Å². The lowest BCUT2D eigenvalue weighted by Crippen LogP contribution is -2.05. The smallest absolute Gasteiger partial charge is 0.123 e. The summed E-state index contributed by atoms with van der Waals surface area (Å²) in [7, 11) is 0. The quantitative estimate of drug-likeness (QED) is 0.820. The number of anilines is 1. The van der Waals surface area contributed by atoms with Crippen LogP contribution in [-0.2, 0) is 13.0 Å². The van der Waals surface area contributed by atoms with Crippen LogP contribution in [0.25, 0.3) is 0 Å². The van der Waals surface area contributed by atoms with Gasteiger partial charge in [-0.05, 0) is 12.1 Å². The van der Waals surface area contributed by atoms with Gasteiger partial charge >= 0.3 is 0 Å². The largest absolute Gasteiger partial charge is 0.384 e. The average molecular weight is 202 g/mol. The molecular formula is C11H14N4. The highest BCUT2D eigenvalue weighted by atomic mass is 15.1. The molecule has 0 fully saturated rings. The second kappa shape index (κ2) is 4.13. The third-order valence-electron chi connectivity index (χ3n) is 2.28. The minimum absolute atomic E-state index is 0.561. The van der Waals surface area contributed by atoms with E-state index >= 15 is 0 Å². The Labute approximate surface area is 88.8 Å². The molecule has 4 nitrogen and oxygen atoms in total. The number of nitrogen functional groups attached to an aromatic ring is 1. The second-order valence-corrected chi connectivity index (χ2v) is 3.38. The normalized spacial score (nSPS) is 10.5. The SMILES string of the molecule is CCc1nccn1Cc1cccc(N)n1. The number of aryl methyl sites for hydroxylation is 1. The molecule has 0 aliphatic heterocycles. The summed E-state index contributed by atoms with van der Waals surface area (Å²) in [4.78, 5) is 8.51. The number of hydrogen-bond acceptors (Lipinski definition) is 3. The fourth-order valence-electron chi connectivity index (χ4n) is 1.56. The fourth-order valence-corrected chi connectivity index (χ4v) is 1.56. The zero-order chi connectivity index (χ0) is 10.7. The molecule has 0 aromatic carbocycles. The van der Waals surface area contributed by atoms with E-state index in [1.165, 1.54) is 0 Å². The number of rotatable bonds is 3. The number of nitrogens with two attached hydrogens (primary N) is 1. The van der Waals surface area contributed by atoms with Crippen molar-refractivity contribution in [3.63, 3.8) is 0 Å². The van der Waals surface area contributed by atoms with E-state index in [1.807, 2.05) is 24.5 Å². The van der Waals surface area contributed by atoms with Gasteiger partial charge < -0.3 is 10.3 Å². The monoisotopic (exact) mass is 202 g/mol. The van der Waals surface area contributed by atoms with Gasteiger partial charge in [-0.15, -0.1) is 0 Å². The van der Waals surface area contributed by atoms with Crippen LogP contribution in [0.4, 0.5) is 5.82 Å². The lowest BCUT2D eigenvalue weighted by molar-refractivity contribution is 0.717. The third kappa shape index (κ3) is 2.15. The van der Waals surface area contributed by atoms with E-state index in [9.17, 15) is 0 Å². The van der Waals surface area contributed by atoms with Crippen LogP contribution in [0.2, 0.25) is 0 Å². The van der Waals surface area contributed by atoms with Gasteiger partial charge in [-0.2, -0.15) is 0 Å². The zero-order valence-corrected chi connectivity index (χ0v) is 8.72. The molecule has 0 unspecified atom stereocenters. The Morgan fingerprint density at radius 1 is 1.40 bits per heavy atom. The van der Waals surface area contributed by atoms with E-state index in [4.69, 9.17) is 5.73 Å². The summed E-state index contributed by atoms with van der Waals surface area (Å²) in [5, 5.41) is 0. The van der Waals surface area contributed by atoms with Crippen LogP contribution >= 0.6 is 0 Å². The lowest BCUT2D eigenvalue weighted by Gasteiger charge is -2.06. The van der Waals surface area contributed by atoms with Crippen molar-refractivity contribution < 1.29 is 0 Å². The zero-order valence-electron chi connectivity index (χ0n) is 8.72. The van der Waals surface area contributed by atoms with Gasteiger partial charge in [0.1, 0.15) is 11.6 Å². The maximum Gasteiger partial charge on any atom is 0.123 e. The topological polar surface area (TPSA) is 56.7 Å². The van der Waals surface area contributed by atoms with Crippen molar-refractivity contribution in [1.29, 1.82) is 0 Å². The van der Waals surface area contributed by atoms with Gasteiger partial charge in [-0.1, -0.05) is 13.0 Å². The van der Waals surface area contributed by atoms with E-state index < -0.39 is 0 Å². The Hall–Kier alpha value is -1.84. The van der Waals surface area contributed by atoms with E-state index in [0.29, 0.717) is 5.82 Å². The average Bonchev–Trinajstić information content (AvgIpc) is 2.65. The summed E-state index contributed by atoms with van der Waals surface area (Å²) in [6.45, 7) is 2.82. The Morgan fingerprint density at radius 2 is 2.27 bits per heavy atom. The number of pyridine rings is 1. The van der Waals surface area contributed by atoms with Gasteiger partial charge in [0.25, 0.3) is 0 Å². The van der Waals surface area contributed by atoms with E-state index in [1.54, 1.807) is 6.07 Å². The van der Waals surface area contributed by atoms with Gasteiger partial charge in [0.15, 0.2) is 0 Å². The number of hydrogen-bond donors (Lipinski definition) is 1. The molecule has 0 aliphatic carbocycles. The predicted molar refractivity (Wildman–Crippen MR) is 59.4 cm³/mol. The highest BCUT2D eigenvalue weighted by molar-refractivity contribution is 5.28. The van der Waals surface area contributed by atoms with Gasteiger partial charge in [0.2, 0.25) is 0 Å². The van der Waals surface area contributed by atoms with Crippen molar-refractivity contribution in [2.24, 2.45) is 0 Å². The second-order valence-electron chi connectivity index (χ2n) is 3.38. The van der Waals surface area contributed by atoms with Gasteiger partial charge in [0, 0.05) is 18.8 Å². The van der Waals surface area contributed by atoms with Crippen LogP contribution in [0.1, 0.15) is 18.4 Å². The van der Waals surface area contributed by atoms with Crippen LogP contribution in [-0.4, -0.2) is 14.5 Å². The first kappa shape index (κ1) is 9.71. The van der Waals surface area contributed by atoms with Crippen LogP contribution in [0.5, 0.6) is 0 Å². The maximum absolute atomic E-state index is 5.62. The molecule has 2 heterocycles. The molecule has 2 N–H and O–H groups in total. The Kier molecular flexibility index (Phi) is 2.67. The van der Waals surface area contributed by atoms with Crippen molar-refractivity contribution >= 4 is 5.82 Å². The predicted octanol–water partition coefficient (Wildman–Crippen LogP) is 1.47. The Balaban J connectivity index is 2.22. The summed E-state index contributed by atoms with van der Waals surface area (Å²) < 4.78 is 2.09. The minimum Gasteiger partial charge on any atom is -0.384 e. The molecule has 0 saturated heterocycles. The van der Waals surface area contributed by atoms with E-state index in [2.05, 4.69) is 21.5 Å². The van der Waals surface area contributed by atoms with Crippen molar-refractivity contribution in [3.8, 4) is 0 Å². The molecule has 0 aliphatic rings. The lowest BCUT2D eigenvalue weighted by atomic mass is 10.3. The molecule has 0 radical (unpaired) electrons. The van der Waals surface area contributed by atoms with Crippen molar-refractivity contribution in [2.75, 3.05) is 5.73 Å². The molecule has 0 spiro atoms. The van der Waals surface area contributed by atoms with Gasteiger partial charge in [0.05, 0.1) is 12.2 Å². The summed E-state index contributed by atoms with van der Waals surface area (Å²) in [5.74, 6) is 1.63. The van der Waals surface area contributed by atoms with Crippen molar-refractivity contribution in [1.82, 2.24) is 14.5 Å². The maximum atomic E-state index is 5.62. The highest BCUT2D eigenvalue weighted by Gasteiger charge is 2.01. The molecule has 78 valence electrons. The Bertz CT molecular complexity index is 447. The molecule has 0 atom stereocenters. The van der Waals surface area contributed by atoms with Crippen LogP contribution in [0, 0.1) is 0 Å². The number of aromatic nitrogens is 3. The molecular weight excluding hydrogens is 188 g/mol. The van der Waals surface area contributed by atoms with E-state index in [-0.39, 0.29) is 0 Å². The van der Waals surface area contributed by atoms with Crippen molar-refractivity contribution in [3.05, 3.63) is 42.1 Å². The van der Waals surface area contributed by atoms with E-state index in [0.717, 1.165) is 24.5 Å². The molecule has 2 aromatic heterocycles. The van der Waals surface area contributed by atoms with Crippen LogP contribution in [0.3, 0.4) is 0 Å². The molecule has 0 saturated carbocycles. The molecule has 2 aromatic rings. The molecule has 2 rings (SSSR count). The summed E-state index contributed by atoms with van der Waals surface area (Å²) in [6, 6.07) is 5.67. The summed E-state index contributed by atoms with van der Waals surface area (Å²) >= 11 is 0. The van der Waals surface area contributed by atoms with Crippen LogP contribution < -0.4 is 5.73 Å². The number of nitrogens with zero attached hydrogens (tertiary/aromatic N) is 3. The van der Waals surface area contributed by atoms with Crippen molar-refractivity contribution in [2.45, 2.75) is 19.9 Å². The van der Waals surface area contributed by atoms with Gasteiger partial charge in [-0.25, -0.2) is 9.97 Å². The van der Waals surface area contributed by atoms with Gasteiger partial charge in [-0.3, -0.25) is 0 Å². The molecule has 4 heteroatoms. The Morgan fingerprint density at radius 3 is 3.00 bits per heavy atom. The summed E-state index contributed by atoms with van der Waals surface area (Å²) in [5.41, 5.74) is 6.58. The fraction of sp³-hybridized carbons (Fsp3) is 0.273. The standard InChI is InChI=1S/C11H14N4/c1-2-11-13-6-7-15(11)8-9-4-3-5-10(12)14-9/h3-7H,2,8H2,1H3,(H2,12,14). The number of imidazole rings is 1. The first-order chi connectivity index (χ1) is 7.29. The highest BCUT2D eigenvalue weighted by Crippen LogP contribution is 2.05.